The molecule has 1 fully saturated rings. The van der Waals surface area contributed by atoms with Crippen LogP contribution in [0.4, 0.5) is 0 Å². The van der Waals surface area contributed by atoms with Gasteiger partial charge in [-0.2, -0.15) is 0 Å². The molecule has 12 heavy (non-hydrogen) atoms. The Bertz CT molecular complexity index is 170. The van der Waals surface area contributed by atoms with Crippen LogP contribution in [0.2, 0.25) is 0 Å². The Morgan fingerprint density at radius 1 is 1.58 bits per heavy atom. The molecule has 0 amide bonds. The van der Waals surface area contributed by atoms with Crippen LogP contribution in [0, 0.1) is 5.92 Å². The van der Waals surface area contributed by atoms with Gasteiger partial charge in [-0.05, 0) is 33.4 Å². The zero-order valence-electron chi connectivity index (χ0n) is 8.04. The van der Waals surface area contributed by atoms with Crippen molar-refractivity contribution in [3.63, 3.8) is 0 Å². The summed E-state index contributed by atoms with van der Waals surface area (Å²) in [7, 11) is 3.52. The fourth-order valence-electron chi connectivity index (χ4n) is 1.78. The van der Waals surface area contributed by atoms with Crippen LogP contribution in [0.25, 0.3) is 0 Å². The van der Waals surface area contributed by atoms with Crippen LogP contribution < -0.4 is 0 Å². The molecule has 0 aromatic rings. The molecule has 70 valence electrons. The summed E-state index contributed by atoms with van der Waals surface area (Å²) in [5.74, 6) is 0.0165. The number of esters is 1. The lowest BCUT2D eigenvalue weighted by Gasteiger charge is -2.35. The van der Waals surface area contributed by atoms with Gasteiger partial charge in [0.15, 0.2) is 0 Å². The summed E-state index contributed by atoms with van der Waals surface area (Å²) in [5.41, 5.74) is 0. The number of nitrogens with zero attached hydrogens (tertiary/aromatic N) is 1. The summed E-state index contributed by atoms with van der Waals surface area (Å²) in [6, 6.07) is 0.325. The summed E-state index contributed by atoms with van der Waals surface area (Å²) in [5, 5.41) is 0. The first-order valence-electron chi connectivity index (χ1n) is 4.45. The topological polar surface area (TPSA) is 29.5 Å². The van der Waals surface area contributed by atoms with Gasteiger partial charge in [-0.15, -0.1) is 0 Å². The fraction of sp³-hybridized carbons (Fsp3) is 0.889. The lowest BCUT2D eigenvalue weighted by molar-refractivity contribution is -0.149. The van der Waals surface area contributed by atoms with Gasteiger partial charge in [0.1, 0.15) is 0 Å². The highest BCUT2D eigenvalue weighted by molar-refractivity contribution is 5.73. The third-order valence-corrected chi connectivity index (χ3v) is 2.81. The van der Waals surface area contributed by atoms with Gasteiger partial charge in [-0.3, -0.25) is 4.79 Å². The van der Waals surface area contributed by atoms with E-state index < -0.39 is 0 Å². The van der Waals surface area contributed by atoms with Crippen molar-refractivity contribution in [3.05, 3.63) is 0 Å². The second-order valence-electron chi connectivity index (χ2n) is 3.49. The molecule has 1 heterocycles. The molecular weight excluding hydrogens is 154 g/mol. The number of hydrogen-bond donors (Lipinski definition) is 0. The zero-order valence-corrected chi connectivity index (χ0v) is 8.04. The summed E-state index contributed by atoms with van der Waals surface area (Å²) in [4.78, 5) is 13.5. The Morgan fingerprint density at radius 2 is 2.25 bits per heavy atom. The maximum Gasteiger partial charge on any atom is 0.310 e. The number of piperidine rings is 1. The third kappa shape index (κ3) is 1.78. The highest BCUT2D eigenvalue weighted by Crippen LogP contribution is 2.22. The van der Waals surface area contributed by atoms with Crippen LogP contribution in [0.15, 0.2) is 0 Å². The van der Waals surface area contributed by atoms with Gasteiger partial charge in [0.2, 0.25) is 0 Å². The van der Waals surface area contributed by atoms with Crippen LogP contribution in [-0.4, -0.2) is 37.6 Å². The quantitative estimate of drug-likeness (QED) is 0.549. The standard InChI is InChI=1S/C9H17NO2/c1-7-8(9(11)12-3)5-4-6-10(7)2/h7-8H,4-6H2,1-3H3. The first-order chi connectivity index (χ1) is 5.66. The number of carbonyl (C=O) groups is 1. The van der Waals surface area contributed by atoms with Gasteiger partial charge in [-0.25, -0.2) is 0 Å². The van der Waals surface area contributed by atoms with E-state index in [2.05, 4.69) is 18.9 Å². The molecule has 3 nitrogen and oxygen atoms in total. The average Bonchev–Trinajstić information content (AvgIpc) is 2.08. The number of methoxy groups -OCH3 is 1. The SMILES string of the molecule is COC(=O)C1CCCN(C)C1C. The van der Waals surface area contributed by atoms with Crippen LogP contribution in [-0.2, 0) is 9.53 Å². The molecule has 0 radical (unpaired) electrons. The molecule has 3 heteroatoms. The van der Waals surface area contributed by atoms with Gasteiger partial charge in [0.25, 0.3) is 0 Å². The highest BCUT2D eigenvalue weighted by Gasteiger charge is 2.31. The third-order valence-electron chi connectivity index (χ3n) is 2.81. The average molecular weight is 171 g/mol. The van der Waals surface area contributed by atoms with Gasteiger partial charge < -0.3 is 9.64 Å². The van der Waals surface area contributed by atoms with E-state index >= 15 is 0 Å². The molecule has 1 rings (SSSR count). The minimum atomic E-state index is -0.0611. The Hall–Kier alpha value is -0.570. The smallest absolute Gasteiger partial charge is 0.310 e. The second-order valence-corrected chi connectivity index (χ2v) is 3.49. The largest absolute Gasteiger partial charge is 0.469 e. The number of hydrogen-bond acceptors (Lipinski definition) is 3. The lowest BCUT2D eigenvalue weighted by atomic mass is 9.91. The molecule has 1 aliphatic heterocycles. The van der Waals surface area contributed by atoms with E-state index in [1.165, 1.54) is 7.11 Å². The van der Waals surface area contributed by atoms with E-state index in [1.807, 2.05) is 0 Å². The van der Waals surface area contributed by atoms with Gasteiger partial charge in [0.05, 0.1) is 13.0 Å². The van der Waals surface area contributed by atoms with Crippen LogP contribution in [0.1, 0.15) is 19.8 Å². The van der Waals surface area contributed by atoms with Crippen molar-refractivity contribution < 1.29 is 9.53 Å². The number of rotatable bonds is 1. The maximum absolute atomic E-state index is 11.3. The summed E-state index contributed by atoms with van der Waals surface area (Å²) < 4.78 is 4.74. The zero-order chi connectivity index (χ0) is 9.14. The summed E-state index contributed by atoms with van der Waals surface area (Å²) in [6.45, 7) is 3.18. The van der Waals surface area contributed by atoms with Gasteiger partial charge >= 0.3 is 5.97 Å². The molecule has 0 spiro atoms. The Labute approximate surface area is 73.7 Å². The first-order valence-corrected chi connectivity index (χ1v) is 4.45. The molecule has 0 aliphatic carbocycles. The molecule has 0 N–H and O–H groups in total. The number of likely N-dealkylation sites (tertiary alicyclic amines) is 1. The second kappa shape index (κ2) is 3.90. The van der Waals surface area contributed by atoms with Crippen LogP contribution in [0.5, 0.6) is 0 Å². The van der Waals surface area contributed by atoms with Crippen molar-refractivity contribution in [3.8, 4) is 0 Å². The van der Waals surface area contributed by atoms with E-state index in [0.717, 1.165) is 19.4 Å². The minimum absolute atomic E-state index is 0.0611. The highest BCUT2D eigenvalue weighted by atomic mass is 16.5. The fourth-order valence-corrected chi connectivity index (χ4v) is 1.78. The van der Waals surface area contributed by atoms with E-state index in [4.69, 9.17) is 4.74 Å². The molecule has 2 atom stereocenters. The van der Waals surface area contributed by atoms with Crippen molar-refractivity contribution >= 4 is 5.97 Å². The van der Waals surface area contributed by atoms with Crippen molar-refractivity contribution in [2.45, 2.75) is 25.8 Å². The molecule has 0 aromatic carbocycles. The maximum atomic E-state index is 11.3. The lowest BCUT2D eigenvalue weighted by Crippen LogP contribution is -2.44. The molecule has 1 aliphatic rings. The van der Waals surface area contributed by atoms with Crippen LogP contribution in [0.3, 0.4) is 0 Å². The molecule has 0 saturated carbocycles. The van der Waals surface area contributed by atoms with Crippen molar-refractivity contribution in [1.82, 2.24) is 4.90 Å². The Balaban J connectivity index is 2.57. The predicted octanol–water partition coefficient (Wildman–Crippen LogP) is 0.890. The van der Waals surface area contributed by atoms with Crippen LogP contribution >= 0.6 is 0 Å². The monoisotopic (exact) mass is 171 g/mol. The van der Waals surface area contributed by atoms with E-state index in [9.17, 15) is 4.79 Å². The van der Waals surface area contributed by atoms with E-state index in [-0.39, 0.29) is 11.9 Å². The predicted molar refractivity (Wildman–Crippen MR) is 46.8 cm³/mol. The number of ether oxygens (including phenoxy) is 1. The Morgan fingerprint density at radius 3 is 2.83 bits per heavy atom. The summed E-state index contributed by atoms with van der Waals surface area (Å²) in [6.07, 6.45) is 2.07. The molecule has 1 saturated heterocycles. The first kappa shape index (κ1) is 9.52. The van der Waals surface area contributed by atoms with Crippen molar-refractivity contribution in [2.75, 3.05) is 20.7 Å². The minimum Gasteiger partial charge on any atom is -0.469 e. The van der Waals surface area contributed by atoms with E-state index in [1.54, 1.807) is 0 Å². The van der Waals surface area contributed by atoms with E-state index in [0.29, 0.717) is 6.04 Å². The van der Waals surface area contributed by atoms with Gasteiger partial charge in [-0.1, -0.05) is 0 Å². The van der Waals surface area contributed by atoms with Gasteiger partial charge in [0, 0.05) is 6.04 Å². The van der Waals surface area contributed by atoms with Crippen molar-refractivity contribution in [2.24, 2.45) is 5.92 Å². The molecular formula is C9H17NO2. The molecule has 2 unspecified atom stereocenters. The normalized spacial score (nSPS) is 31.6. The molecule has 0 bridgehead atoms. The number of carbonyl (C=O) groups excluding carboxylic acids is 1. The Kier molecular flexibility index (Phi) is 3.09. The molecule has 0 aromatic heterocycles. The summed E-state index contributed by atoms with van der Waals surface area (Å²) >= 11 is 0. The van der Waals surface area contributed by atoms with Crippen molar-refractivity contribution in [1.29, 1.82) is 0 Å².